The van der Waals surface area contributed by atoms with Gasteiger partial charge in [0, 0.05) is 23.9 Å². The molecule has 0 radical (unpaired) electrons. The van der Waals surface area contributed by atoms with Crippen molar-refractivity contribution < 1.29 is 23.8 Å². The average Bonchev–Trinajstić information content (AvgIpc) is 2.88. The number of rotatable bonds is 5. The Hall–Kier alpha value is -4.00. The second kappa shape index (κ2) is 8.74. The maximum absolute atomic E-state index is 13.8. The fourth-order valence-corrected chi connectivity index (χ4v) is 5.06. The van der Waals surface area contributed by atoms with Gasteiger partial charge in [-0.05, 0) is 53.4 Å². The minimum Gasteiger partial charge on any atom is -0.497 e. The van der Waals surface area contributed by atoms with Gasteiger partial charge < -0.3 is 24.4 Å². The van der Waals surface area contributed by atoms with E-state index < -0.39 is 12.0 Å². The Kier molecular flexibility index (Phi) is 5.61. The zero-order valence-electron chi connectivity index (χ0n) is 19.3. The molecule has 2 aliphatic heterocycles. The molecule has 0 aromatic heterocycles. The van der Waals surface area contributed by atoms with Crippen molar-refractivity contribution in [2.24, 2.45) is 0 Å². The normalized spacial score (nSPS) is 18.3. The molecule has 34 heavy (non-hydrogen) atoms. The Labute approximate surface area is 198 Å². The van der Waals surface area contributed by atoms with E-state index in [-0.39, 0.29) is 11.8 Å². The highest BCUT2D eigenvalue weighted by atomic mass is 16.5. The minimum absolute atomic E-state index is 0.0635. The van der Waals surface area contributed by atoms with Crippen LogP contribution in [0.4, 0.5) is 5.69 Å². The molecule has 3 aromatic rings. The van der Waals surface area contributed by atoms with Crippen molar-refractivity contribution in [3.8, 4) is 17.2 Å². The summed E-state index contributed by atoms with van der Waals surface area (Å²) >= 11 is 0. The predicted octanol–water partition coefficient (Wildman–Crippen LogP) is 4.19. The number of carbonyl (C=O) groups is 2. The second-order valence-electron chi connectivity index (χ2n) is 8.39. The number of nitrogens with one attached hydrogen (secondary N) is 1. The SMILES string of the molecule is COc1cccc(NC(=O)[C@H]2c3ccccc3C(=O)N3CCc4cc(OC)c(OC)cc4[C@H]23)c1. The fraction of sp³-hybridized carbons (Fsp3) is 0.259. The van der Waals surface area contributed by atoms with Crippen LogP contribution < -0.4 is 19.5 Å². The van der Waals surface area contributed by atoms with Crippen LogP contribution in [0.1, 0.15) is 39.0 Å². The van der Waals surface area contributed by atoms with Crippen LogP contribution in [0.25, 0.3) is 0 Å². The molecular formula is C27H26N2O5. The van der Waals surface area contributed by atoms with Crippen molar-refractivity contribution in [2.45, 2.75) is 18.4 Å². The standard InChI is InChI=1S/C27H26N2O5/c1-32-18-8-6-7-17(14-18)28-26(30)24-19-9-4-5-10-20(19)27(31)29-12-11-16-13-22(33-2)23(34-3)15-21(16)25(24)29/h4-10,13-15,24-25H,11-12H2,1-3H3,(H,28,30)/t24-,25+/m0/s1. The maximum atomic E-state index is 13.8. The number of benzene rings is 3. The lowest BCUT2D eigenvalue weighted by atomic mass is 9.75. The van der Waals surface area contributed by atoms with E-state index in [9.17, 15) is 9.59 Å². The second-order valence-corrected chi connectivity index (χ2v) is 8.39. The summed E-state index contributed by atoms with van der Waals surface area (Å²) in [6, 6.07) is 18.0. The number of ether oxygens (including phenoxy) is 3. The zero-order chi connectivity index (χ0) is 23.8. The van der Waals surface area contributed by atoms with Crippen molar-refractivity contribution in [2.75, 3.05) is 33.2 Å². The number of amides is 2. The summed E-state index contributed by atoms with van der Waals surface area (Å²) in [5.74, 6) is 1.00. The van der Waals surface area contributed by atoms with E-state index in [1.807, 2.05) is 53.4 Å². The molecule has 174 valence electrons. The predicted molar refractivity (Wildman–Crippen MR) is 128 cm³/mol. The first-order chi connectivity index (χ1) is 16.5. The zero-order valence-corrected chi connectivity index (χ0v) is 19.3. The molecule has 2 atom stereocenters. The summed E-state index contributed by atoms with van der Waals surface area (Å²) in [6.07, 6.45) is 0.671. The van der Waals surface area contributed by atoms with Gasteiger partial charge in [0.2, 0.25) is 5.91 Å². The molecule has 7 heteroatoms. The van der Waals surface area contributed by atoms with E-state index in [2.05, 4.69) is 5.32 Å². The Morgan fingerprint density at radius 3 is 2.44 bits per heavy atom. The highest BCUT2D eigenvalue weighted by Crippen LogP contribution is 2.48. The van der Waals surface area contributed by atoms with Crippen molar-refractivity contribution in [3.63, 3.8) is 0 Å². The van der Waals surface area contributed by atoms with Gasteiger partial charge in [-0.2, -0.15) is 0 Å². The smallest absolute Gasteiger partial charge is 0.254 e. The summed E-state index contributed by atoms with van der Waals surface area (Å²) < 4.78 is 16.3. The van der Waals surface area contributed by atoms with E-state index in [0.29, 0.717) is 41.5 Å². The Morgan fingerprint density at radius 2 is 1.68 bits per heavy atom. The van der Waals surface area contributed by atoms with Gasteiger partial charge in [0.1, 0.15) is 5.75 Å². The first-order valence-corrected chi connectivity index (χ1v) is 11.1. The molecule has 7 nitrogen and oxygen atoms in total. The number of fused-ring (bicyclic) bond motifs is 4. The maximum Gasteiger partial charge on any atom is 0.254 e. The lowest BCUT2D eigenvalue weighted by molar-refractivity contribution is -0.119. The van der Waals surface area contributed by atoms with Crippen molar-refractivity contribution in [1.29, 1.82) is 0 Å². The van der Waals surface area contributed by atoms with Crippen LogP contribution in [0, 0.1) is 0 Å². The van der Waals surface area contributed by atoms with Crippen LogP contribution in [0.15, 0.2) is 60.7 Å². The van der Waals surface area contributed by atoms with Crippen LogP contribution in [0.2, 0.25) is 0 Å². The van der Waals surface area contributed by atoms with Crippen molar-refractivity contribution in [3.05, 3.63) is 82.9 Å². The molecule has 0 saturated heterocycles. The third kappa shape index (κ3) is 3.53. The van der Waals surface area contributed by atoms with E-state index in [1.54, 1.807) is 33.5 Å². The van der Waals surface area contributed by atoms with Crippen LogP contribution in [-0.2, 0) is 11.2 Å². The van der Waals surface area contributed by atoms with Crippen molar-refractivity contribution >= 4 is 17.5 Å². The van der Waals surface area contributed by atoms with Gasteiger partial charge in [-0.25, -0.2) is 0 Å². The van der Waals surface area contributed by atoms with Gasteiger partial charge in [0.05, 0.1) is 33.3 Å². The molecule has 2 heterocycles. The summed E-state index contributed by atoms with van der Waals surface area (Å²) in [4.78, 5) is 29.1. The summed E-state index contributed by atoms with van der Waals surface area (Å²) in [6.45, 7) is 0.517. The van der Waals surface area contributed by atoms with Crippen LogP contribution in [0.5, 0.6) is 17.2 Å². The van der Waals surface area contributed by atoms with E-state index in [0.717, 1.165) is 16.7 Å². The molecule has 0 spiro atoms. The first-order valence-electron chi connectivity index (χ1n) is 11.1. The van der Waals surface area contributed by atoms with Gasteiger partial charge in [0.15, 0.2) is 11.5 Å². The Balaban J connectivity index is 1.64. The third-order valence-corrected chi connectivity index (χ3v) is 6.64. The summed E-state index contributed by atoms with van der Waals surface area (Å²) in [5.41, 5.74) is 3.86. The third-order valence-electron chi connectivity index (χ3n) is 6.64. The molecular weight excluding hydrogens is 432 g/mol. The van der Waals surface area contributed by atoms with Gasteiger partial charge in [-0.3, -0.25) is 9.59 Å². The Morgan fingerprint density at radius 1 is 0.912 bits per heavy atom. The van der Waals surface area contributed by atoms with Gasteiger partial charge in [-0.15, -0.1) is 0 Å². The molecule has 2 aliphatic rings. The number of nitrogens with zero attached hydrogens (tertiary/aromatic N) is 1. The highest BCUT2D eigenvalue weighted by Gasteiger charge is 2.46. The van der Waals surface area contributed by atoms with Gasteiger partial charge >= 0.3 is 0 Å². The number of methoxy groups -OCH3 is 3. The topological polar surface area (TPSA) is 77.1 Å². The molecule has 0 fully saturated rings. The quantitative estimate of drug-likeness (QED) is 0.621. The summed E-state index contributed by atoms with van der Waals surface area (Å²) in [7, 11) is 4.77. The van der Waals surface area contributed by atoms with E-state index in [1.165, 1.54) is 0 Å². The first kappa shape index (κ1) is 21.8. The largest absolute Gasteiger partial charge is 0.497 e. The van der Waals surface area contributed by atoms with Crippen LogP contribution in [-0.4, -0.2) is 44.6 Å². The molecule has 3 aromatic carbocycles. The van der Waals surface area contributed by atoms with Crippen LogP contribution in [0.3, 0.4) is 0 Å². The number of hydrogen-bond acceptors (Lipinski definition) is 5. The van der Waals surface area contributed by atoms with Crippen molar-refractivity contribution in [1.82, 2.24) is 4.90 Å². The fourth-order valence-electron chi connectivity index (χ4n) is 5.06. The van der Waals surface area contributed by atoms with Gasteiger partial charge in [0.25, 0.3) is 5.91 Å². The van der Waals surface area contributed by atoms with Crippen LogP contribution >= 0.6 is 0 Å². The average molecular weight is 459 g/mol. The lowest BCUT2D eigenvalue weighted by Crippen LogP contribution is -2.49. The number of hydrogen-bond donors (Lipinski definition) is 1. The molecule has 0 bridgehead atoms. The highest BCUT2D eigenvalue weighted by molar-refractivity contribution is 6.04. The van der Waals surface area contributed by atoms with E-state index in [4.69, 9.17) is 14.2 Å². The number of anilines is 1. The lowest BCUT2D eigenvalue weighted by Gasteiger charge is -2.45. The molecule has 5 rings (SSSR count). The molecule has 0 aliphatic carbocycles. The number of carbonyl (C=O) groups excluding carboxylic acids is 2. The molecule has 0 unspecified atom stereocenters. The van der Waals surface area contributed by atoms with E-state index >= 15 is 0 Å². The Bertz CT molecular complexity index is 1270. The molecule has 0 saturated carbocycles. The molecule has 2 amide bonds. The van der Waals surface area contributed by atoms with Gasteiger partial charge in [-0.1, -0.05) is 24.3 Å². The monoisotopic (exact) mass is 458 g/mol. The minimum atomic E-state index is -0.600. The molecule has 1 N–H and O–H groups in total. The summed E-state index contributed by atoms with van der Waals surface area (Å²) in [5, 5.41) is 3.04.